The summed E-state index contributed by atoms with van der Waals surface area (Å²) in [7, 11) is 0. The van der Waals surface area contributed by atoms with Crippen LogP contribution in [0.25, 0.3) is 11.1 Å². The normalized spacial score (nSPS) is 17.0. The third-order valence-corrected chi connectivity index (χ3v) is 5.77. The molecule has 0 bridgehead atoms. The first-order chi connectivity index (χ1) is 14.0. The van der Waals surface area contributed by atoms with Crippen LogP contribution in [0.4, 0.5) is 0 Å². The number of aromatic nitrogens is 3. The molecule has 1 amide bonds. The molecule has 1 N–H and O–H groups in total. The first kappa shape index (κ1) is 19.5. The standard InChI is InChI=1S/C22H27N5O2/c1-14(2)20-19-12-17(13-24-22(19)29-26-20)21(28)25-18-6-10-27(11-7-18)15(3)16-4-8-23-9-5-16/h4-5,8-9,12-15,18H,6-7,10-11H2,1-3H3,(H,25,28). The average molecular weight is 393 g/mol. The van der Waals surface area contributed by atoms with E-state index in [1.165, 1.54) is 5.56 Å². The highest BCUT2D eigenvalue weighted by Gasteiger charge is 2.25. The van der Waals surface area contributed by atoms with Gasteiger partial charge in [0.05, 0.1) is 16.6 Å². The van der Waals surface area contributed by atoms with Crippen molar-refractivity contribution >= 4 is 17.0 Å². The molecule has 7 nitrogen and oxygen atoms in total. The van der Waals surface area contributed by atoms with E-state index < -0.39 is 0 Å². The van der Waals surface area contributed by atoms with E-state index in [0.717, 1.165) is 37.0 Å². The number of carbonyl (C=O) groups is 1. The van der Waals surface area contributed by atoms with Crippen molar-refractivity contribution in [3.05, 3.63) is 53.6 Å². The maximum Gasteiger partial charge on any atom is 0.257 e. The van der Waals surface area contributed by atoms with Crippen LogP contribution in [0.15, 0.2) is 41.3 Å². The van der Waals surface area contributed by atoms with E-state index in [-0.39, 0.29) is 17.9 Å². The Morgan fingerprint density at radius 3 is 2.62 bits per heavy atom. The van der Waals surface area contributed by atoms with Gasteiger partial charge in [-0.25, -0.2) is 4.98 Å². The fourth-order valence-electron chi connectivity index (χ4n) is 3.94. The van der Waals surface area contributed by atoms with Gasteiger partial charge in [-0.05, 0) is 49.4 Å². The molecule has 0 spiro atoms. The summed E-state index contributed by atoms with van der Waals surface area (Å²) in [6.07, 6.45) is 7.10. The van der Waals surface area contributed by atoms with Gasteiger partial charge in [0.2, 0.25) is 0 Å². The summed E-state index contributed by atoms with van der Waals surface area (Å²) in [6.45, 7) is 8.22. The molecular formula is C22H27N5O2. The molecule has 0 radical (unpaired) electrons. The Morgan fingerprint density at radius 2 is 1.93 bits per heavy atom. The minimum atomic E-state index is -0.0871. The van der Waals surface area contributed by atoms with Crippen LogP contribution >= 0.6 is 0 Å². The number of nitrogens with one attached hydrogen (secondary N) is 1. The molecule has 0 aliphatic carbocycles. The largest absolute Gasteiger partial charge is 0.349 e. The van der Waals surface area contributed by atoms with Crippen LogP contribution in [0, 0.1) is 0 Å². The van der Waals surface area contributed by atoms with Gasteiger partial charge in [-0.15, -0.1) is 0 Å². The molecule has 29 heavy (non-hydrogen) atoms. The SMILES string of the molecule is CC(C)c1noc2ncc(C(=O)NC3CCN(C(C)c4ccncc4)CC3)cc12. The summed E-state index contributed by atoms with van der Waals surface area (Å²) in [5.41, 5.74) is 3.14. The number of piperidine rings is 1. The highest BCUT2D eigenvalue weighted by atomic mass is 16.5. The molecule has 1 unspecified atom stereocenters. The second-order valence-electron chi connectivity index (χ2n) is 8.04. The molecule has 1 aliphatic rings. The van der Waals surface area contributed by atoms with E-state index in [9.17, 15) is 4.79 Å². The zero-order valence-electron chi connectivity index (χ0n) is 17.1. The predicted molar refractivity (Wildman–Crippen MR) is 111 cm³/mol. The fourth-order valence-corrected chi connectivity index (χ4v) is 3.94. The van der Waals surface area contributed by atoms with Crippen LogP contribution in [0.5, 0.6) is 0 Å². The summed E-state index contributed by atoms with van der Waals surface area (Å²) in [4.78, 5) is 23.6. The second kappa shape index (κ2) is 8.29. The van der Waals surface area contributed by atoms with Gasteiger partial charge >= 0.3 is 0 Å². The van der Waals surface area contributed by atoms with E-state index >= 15 is 0 Å². The zero-order chi connectivity index (χ0) is 20.4. The number of nitrogens with zero attached hydrogens (tertiary/aromatic N) is 4. The Bertz CT molecular complexity index is 977. The number of likely N-dealkylation sites (tertiary alicyclic amines) is 1. The monoisotopic (exact) mass is 393 g/mol. The van der Waals surface area contributed by atoms with Gasteiger partial charge in [0, 0.05) is 43.8 Å². The van der Waals surface area contributed by atoms with Crippen molar-refractivity contribution in [2.45, 2.75) is 51.6 Å². The summed E-state index contributed by atoms with van der Waals surface area (Å²) in [5, 5.41) is 8.07. The molecule has 1 atom stereocenters. The van der Waals surface area contributed by atoms with E-state index in [0.29, 0.717) is 17.3 Å². The lowest BCUT2D eigenvalue weighted by atomic mass is 10.0. The Balaban J connectivity index is 1.37. The number of hydrogen-bond acceptors (Lipinski definition) is 6. The van der Waals surface area contributed by atoms with Gasteiger partial charge in [0.25, 0.3) is 11.6 Å². The number of fused-ring (bicyclic) bond motifs is 1. The van der Waals surface area contributed by atoms with Crippen LogP contribution in [0.2, 0.25) is 0 Å². The molecule has 3 aromatic heterocycles. The maximum atomic E-state index is 12.8. The van der Waals surface area contributed by atoms with Crippen molar-refractivity contribution in [2.75, 3.05) is 13.1 Å². The summed E-state index contributed by atoms with van der Waals surface area (Å²) in [6, 6.07) is 6.50. The van der Waals surface area contributed by atoms with E-state index in [2.05, 4.69) is 44.4 Å². The fraction of sp³-hybridized carbons (Fsp3) is 0.455. The van der Waals surface area contributed by atoms with Gasteiger partial charge in [0.1, 0.15) is 0 Å². The van der Waals surface area contributed by atoms with Gasteiger partial charge in [0.15, 0.2) is 0 Å². The molecule has 1 saturated heterocycles. The summed E-state index contributed by atoms with van der Waals surface area (Å²) >= 11 is 0. The highest BCUT2D eigenvalue weighted by molar-refractivity contribution is 5.97. The third kappa shape index (κ3) is 4.15. The zero-order valence-corrected chi connectivity index (χ0v) is 17.1. The van der Waals surface area contributed by atoms with E-state index in [1.54, 1.807) is 6.20 Å². The molecule has 1 aliphatic heterocycles. The Morgan fingerprint density at radius 1 is 1.21 bits per heavy atom. The molecule has 3 aromatic rings. The third-order valence-electron chi connectivity index (χ3n) is 5.77. The number of rotatable bonds is 5. The van der Waals surface area contributed by atoms with Crippen molar-refractivity contribution < 1.29 is 9.32 Å². The quantitative estimate of drug-likeness (QED) is 0.712. The van der Waals surface area contributed by atoms with E-state index in [4.69, 9.17) is 4.52 Å². The van der Waals surface area contributed by atoms with Crippen molar-refractivity contribution in [2.24, 2.45) is 0 Å². The minimum Gasteiger partial charge on any atom is -0.349 e. The van der Waals surface area contributed by atoms with Gasteiger partial charge < -0.3 is 9.84 Å². The van der Waals surface area contributed by atoms with Crippen molar-refractivity contribution in [1.82, 2.24) is 25.3 Å². The van der Waals surface area contributed by atoms with Gasteiger partial charge in [-0.3, -0.25) is 14.7 Å². The lowest BCUT2D eigenvalue weighted by Crippen LogP contribution is -2.45. The van der Waals surface area contributed by atoms with E-state index in [1.807, 2.05) is 32.3 Å². The molecule has 4 heterocycles. The average Bonchev–Trinajstić information content (AvgIpc) is 3.18. The summed E-state index contributed by atoms with van der Waals surface area (Å²) in [5.74, 6) is 0.124. The molecule has 7 heteroatoms. The van der Waals surface area contributed by atoms with Crippen LogP contribution in [0.3, 0.4) is 0 Å². The van der Waals surface area contributed by atoms with Crippen LogP contribution in [-0.2, 0) is 0 Å². The maximum absolute atomic E-state index is 12.8. The molecule has 0 saturated carbocycles. The smallest absolute Gasteiger partial charge is 0.257 e. The summed E-state index contributed by atoms with van der Waals surface area (Å²) < 4.78 is 5.26. The first-order valence-corrected chi connectivity index (χ1v) is 10.2. The van der Waals surface area contributed by atoms with Crippen molar-refractivity contribution in [1.29, 1.82) is 0 Å². The van der Waals surface area contributed by atoms with Crippen LogP contribution in [0.1, 0.15) is 67.2 Å². The highest BCUT2D eigenvalue weighted by Crippen LogP contribution is 2.25. The van der Waals surface area contributed by atoms with Gasteiger partial charge in [-0.2, -0.15) is 0 Å². The number of amides is 1. The first-order valence-electron chi connectivity index (χ1n) is 10.2. The van der Waals surface area contributed by atoms with Crippen molar-refractivity contribution in [3.8, 4) is 0 Å². The lowest BCUT2D eigenvalue weighted by molar-refractivity contribution is 0.0895. The second-order valence-corrected chi connectivity index (χ2v) is 8.04. The predicted octanol–water partition coefficient (Wildman–Crippen LogP) is 3.70. The van der Waals surface area contributed by atoms with Crippen LogP contribution in [-0.4, -0.2) is 45.1 Å². The Labute approximate surface area is 170 Å². The number of hydrogen-bond donors (Lipinski definition) is 1. The van der Waals surface area contributed by atoms with Crippen LogP contribution < -0.4 is 5.32 Å². The lowest BCUT2D eigenvalue weighted by Gasteiger charge is -2.36. The molecule has 152 valence electrons. The minimum absolute atomic E-state index is 0.0871. The number of carbonyl (C=O) groups excluding carboxylic acids is 1. The molecule has 4 rings (SSSR count). The number of pyridine rings is 2. The Kier molecular flexibility index (Phi) is 5.58. The molecule has 1 fully saturated rings. The molecular weight excluding hydrogens is 366 g/mol. The Hall–Kier alpha value is -2.80. The van der Waals surface area contributed by atoms with Gasteiger partial charge in [-0.1, -0.05) is 19.0 Å². The molecule has 0 aromatic carbocycles. The van der Waals surface area contributed by atoms with Crippen molar-refractivity contribution in [3.63, 3.8) is 0 Å². The topological polar surface area (TPSA) is 84.1 Å².